The number of aliphatic hydroxyl groups excluding tert-OH is 1. The first kappa shape index (κ1) is 45.6. The number of phenolic OH excluding ortho intramolecular Hbond substituents is 1. The molecule has 5 aromatic carbocycles. The molecule has 0 amide bonds. The molecule has 10 nitrogen and oxygen atoms in total. The van der Waals surface area contributed by atoms with E-state index in [1.165, 1.54) is 43.0 Å². The number of hydrogen-bond donors (Lipinski definition) is 4. The predicted octanol–water partition coefficient (Wildman–Crippen LogP) is 10.6. The van der Waals surface area contributed by atoms with E-state index < -0.39 is 12.0 Å². The van der Waals surface area contributed by atoms with Gasteiger partial charge >= 0.3 is 0 Å². The van der Waals surface area contributed by atoms with Crippen LogP contribution in [0.15, 0.2) is 137 Å². The molecule has 3 atom stereocenters. The van der Waals surface area contributed by atoms with Crippen LogP contribution in [0.5, 0.6) is 23.0 Å². The zero-order valence-electron chi connectivity index (χ0n) is 39.3. The van der Waals surface area contributed by atoms with Crippen molar-refractivity contribution >= 4 is 22.9 Å². The summed E-state index contributed by atoms with van der Waals surface area (Å²) in [5.74, 6) is 9.15. The number of hydrogen-bond acceptors (Lipinski definition) is 9. The van der Waals surface area contributed by atoms with Crippen LogP contribution in [-0.2, 0) is 18.3 Å². The van der Waals surface area contributed by atoms with Crippen molar-refractivity contribution in [1.82, 2.24) is 10.3 Å². The summed E-state index contributed by atoms with van der Waals surface area (Å²) >= 11 is 0. The molecule has 10 rings (SSSR count). The number of aromatic nitrogens is 1. The number of fused-ring (bicyclic) bond motifs is 8. The molecular formula is C59H59N3O7. The third kappa shape index (κ3) is 9.89. The van der Waals surface area contributed by atoms with Crippen LogP contribution in [0.4, 0.5) is 5.82 Å². The Hall–Kier alpha value is -7.19. The van der Waals surface area contributed by atoms with E-state index in [0.717, 1.165) is 41.2 Å². The van der Waals surface area contributed by atoms with Crippen molar-refractivity contribution in [2.24, 2.45) is 0 Å². The van der Waals surface area contributed by atoms with Gasteiger partial charge in [-0.1, -0.05) is 129 Å². The van der Waals surface area contributed by atoms with E-state index in [4.69, 9.17) is 18.6 Å². The Morgan fingerprint density at radius 3 is 2.42 bits per heavy atom. The molecule has 0 spiro atoms. The molecule has 7 aromatic rings. The zero-order chi connectivity index (χ0) is 47.3. The minimum Gasteiger partial charge on any atom is -0.508 e. The number of methoxy groups -OCH3 is 1. The number of anilines is 1. The van der Waals surface area contributed by atoms with Gasteiger partial charge in [-0.3, -0.25) is 4.79 Å². The molecule has 4 bridgehead atoms. The summed E-state index contributed by atoms with van der Waals surface area (Å²) in [6.07, 6.45) is 8.87. The van der Waals surface area contributed by atoms with E-state index in [0.29, 0.717) is 42.0 Å². The lowest BCUT2D eigenvalue weighted by Crippen LogP contribution is -2.50. The number of piperazine rings is 1. The third-order valence-corrected chi connectivity index (χ3v) is 14.0. The second kappa shape index (κ2) is 20.2. The molecule has 2 fully saturated rings. The Kier molecular flexibility index (Phi) is 13.3. The van der Waals surface area contributed by atoms with Gasteiger partial charge in [0.1, 0.15) is 22.7 Å². The van der Waals surface area contributed by atoms with Crippen LogP contribution in [0.2, 0.25) is 0 Å². The van der Waals surface area contributed by atoms with E-state index in [9.17, 15) is 15.0 Å². The molecule has 3 aliphatic rings. The van der Waals surface area contributed by atoms with Gasteiger partial charge in [-0.2, -0.15) is 0 Å². The van der Waals surface area contributed by atoms with E-state index in [1.807, 2.05) is 54.6 Å². The van der Waals surface area contributed by atoms with Crippen LogP contribution >= 0.6 is 0 Å². The Bertz CT molecular complexity index is 3070. The average Bonchev–Trinajstić information content (AvgIpc) is 4.04. The zero-order valence-corrected chi connectivity index (χ0v) is 39.3. The molecule has 4 heterocycles. The van der Waals surface area contributed by atoms with Gasteiger partial charge in [-0.25, -0.2) is 0 Å². The topological polar surface area (TPSA) is 129 Å². The second-order valence-corrected chi connectivity index (χ2v) is 18.8. The Labute approximate surface area is 403 Å². The lowest BCUT2D eigenvalue weighted by molar-refractivity contribution is 0.176. The first-order valence-corrected chi connectivity index (χ1v) is 24.3. The van der Waals surface area contributed by atoms with E-state index in [2.05, 4.69) is 76.4 Å². The lowest BCUT2D eigenvalue weighted by atomic mass is 9.85. The van der Waals surface area contributed by atoms with Gasteiger partial charge in [0.15, 0.2) is 22.5 Å². The fraction of sp³-hybridized carbons (Fsp3) is 0.305. The standard InChI is InChI=1S/C59H59N3O7/c1-59(28-9-10-29-59)51-36-48-43-17-11-16-41(34-43)35-44(19-22-45-38-62(31-30-60-45)58(48)61-51)52-54-53(49(65)37-50(69-54)42-20-24-46(63)25-21-42)56(68-33-27-47(64)23-18-39-12-5-3-6-13-39)57(66-2)55(52)67-32-26-40-14-7-4-8-15-40/h3-8,11-18,20-21,23-25,34,36-37,44-45,47,60-61,63-64H,9-10,26-33,35,38H2,1-2H3/b23-18+/t44-,45+,47+/m1/s1. The molecule has 2 aliphatic heterocycles. The number of rotatable bonds is 14. The number of nitrogens with zero attached hydrogens (tertiary/aromatic N) is 1. The largest absolute Gasteiger partial charge is 0.508 e. The van der Waals surface area contributed by atoms with Crippen molar-refractivity contribution in [1.29, 1.82) is 0 Å². The van der Waals surface area contributed by atoms with Crippen LogP contribution in [0, 0.1) is 11.8 Å². The molecule has 4 N–H and O–H groups in total. The lowest BCUT2D eigenvalue weighted by Gasteiger charge is -2.33. The van der Waals surface area contributed by atoms with E-state index in [1.54, 1.807) is 37.5 Å². The summed E-state index contributed by atoms with van der Waals surface area (Å²) < 4.78 is 26.8. The quantitative estimate of drug-likeness (QED) is 0.0788. The van der Waals surface area contributed by atoms with Crippen LogP contribution < -0.4 is 29.9 Å². The van der Waals surface area contributed by atoms with Crippen molar-refractivity contribution in [2.45, 2.75) is 75.3 Å². The molecule has 10 heteroatoms. The van der Waals surface area contributed by atoms with Gasteiger partial charge in [0.05, 0.1) is 44.0 Å². The minimum atomic E-state index is -0.827. The number of phenols is 1. The number of aromatic amines is 1. The van der Waals surface area contributed by atoms with Crippen LogP contribution in [0.25, 0.3) is 39.5 Å². The van der Waals surface area contributed by atoms with Crippen molar-refractivity contribution in [2.75, 3.05) is 44.9 Å². The molecule has 0 radical (unpaired) electrons. The maximum Gasteiger partial charge on any atom is 0.204 e. The fourth-order valence-corrected chi connectivity index (χ4v) is 10.2. The number of H-pyrrole nitrogens is 1. The Morgan fingerprint density at radius 2 is 1.64 bits per heavy atom. The van der Waals surface area contributed by atoms with Gasteiger partial charge in [0, 0.05) is 60.8 Å². The summed E-state index contributed by atoms with van der Waals surface area (Å²) in [6, 6.07) is 38.9. The fourth-order valence-electron chi connectivity index (χ4n) is 10.2. The van der Waals surface area contributed by atoms with Gasteiger partial charge in [0.25, 0.3) is 0 Å². The maximum absolute atomic E-state index is 14.9. The van der Waals surface area contributed by atoms with E-state index in [-0.39, 0.29) is 64.7 Å². The van der Waals surface area contributed by atoms with Crippen molar-refractivity contribution in [3.8, 4) is 57.3 Å². The van der Waals surface area contributed by atoms with Crippen molar-refractivity contribution < 1.29 is 28.8 Å². The number of nitrogens with one attached hydrogen (secondary N) is 2. The summed E-state index contributed by atoms with van der Waals surface area (Å²) in [7, 11) is 1.55. The summed E-state index contributed by atoms with van der Waals surface area (Å²) in [5.41, 5.74) is 7.92. The summed E-state index contributed by atoms with van der Waals surface area (Å²) in [5, 5.41) is 25.2. The first-order valence-electron chi connectivity index (χ1n) is 24.3. The smallest absolute Gasteiger partial charge is 0.204 e. The molecule has 352 valence electrons. The highest BCUT2D eigenvalue weighted by atomic mass is 16.5. The molecular weight excluding hydrogens is 863 g/mol. The molecule has 1 saturated carbocycles. The highest BCUT2D eigenvalue weighted by Crippen LogP contribution is 2.51. The van der Waals surface area contributed by atoms with Gasteiger partial charge in [-0.15, -0.1) is 0 Å². The highest BCUT2D eigenvalue weighted by Gasteiger charge is 2.36. The summed E-state index contributed by atoms with van der Waals surface area (Å²) in [4.78, 5) is 21.2. The molecule has 69 heavy (non-hydrogen) atoms. The highest BCUT2D eigenvalue weighted by molar-refractivity contribution is 5.94. The number of ether oxygens (including phenoxy) is 3. The van der Waals surface area contributed by atoms with Gasteiger partial charge < -0.3 is 44.0 Å². The Balaban J connectivity index is 1.13. The van der Waals surface area contributed by atoms with E-state index >= 15 is 0 Å². The number of aromatic hydroxyl groups is 1. The summed E-state index contributed by atoms with van der Waals surface area (Å²) in [6.45, 7) is 4.99. The minimum absolute atomic E-state index is 0.0512. The van der Waals surface area contributed by atoms with Crippen LogP contribution in [0.3, 0.4) is 0 Å². The SMILES string of the molecule is COc1c(OCCc2ccccc2)c([C@@H]2C#C[C@H]3CN(CCN3)c3[nH]c(C4(C)CCCC4)cc3-c3cccc(c3)C2)c2oc(-c3ccc(O)cc3)cc(=O)c2c1OCC[C@@H](O)/C=C/c1ccccc1. The number of benzene rings is 5. The van der Waals surface area contributed by atoms with Gasteiger partial charge in [0.2, 0.25) is 5.75 Å². The average molecular weight is 922 g/mol. The van der Waals surface area contributed by atoms with Gasteiger partial charge in [-0.05, 0) is 71.8 Å². The third-order valence-electron chi connectivity index (χ3n) is 14.0. The first-order chi connectivity index (χ1) is 33.7. The monoisotopic (exact) mass is 921 g/mol. The maximum atomic E-state index is 14.9. The van der Waals surface area contributed by atoms with Crippen LogP contribution in [-0.4, -0.2) is 67.3 Å². The predicted molar refractivity (Wildman–Crippen MR) is 274 cm³/mol. The van der Waals surface area contributed by atoms with Crippen LogP contribution in [0.1, 0.15) is 72.9 Å². The number of aliphatic hydroxyl groups is 1. The van der Waals surface area contributed by atoms with Crippen molar-refractivity contribution in [3.05, 3.63) is 166 Å². The second-order valence-electron chi connectivity index (χ2n) is 18.8. The normalized spacial score (nSPS) is 17.9. The molecule has 2 aromatic heterocycles. The van der Waals surface area contributed by atoms with Crippen molar-refractivity contribution in [3.63, 3.8) is 0 Å². The Morgan fingerprint density at radius 1 is 0.870 bits per heavy atom. The molecule has 1 aliphatic carbocycles. The molecule has 1 saturated heterocycles. The molecule has 0 unspecified atom stereocenters.